The van der Waals surface area contributed by atoms with E-state index < -0.39 is 0 Å². The van der Waals surface area contributed by atoms with Gasteiger partial charge in [0.25, 0.3) is 0 Å². The number of unbranched alkanes of at least 4 members (excludes halogenated alkanes) is 24. The Labute approximate surface area is 198 Å². The molecule has 0 aliphatic rings. The van der Waals surface area contributed by atoms with Crippen molar-refractivity contribution in [3.63, 3.8) is 0 Å². The van der Waals surface area contributed by atoms with Crippen LogP contribution in [-0.2, 0) is 4.74 Å². The molecule has 0 atom stereocenters. The number of hydrogen-bond donors (Lipinski definition) is 0. The molecule has 0 amide bonds. The molecule has 0 saturated heterocycles. The van der Waals surface area contributed by atoms with E-state index in [9.17, 15) is 0 Å². The Hall–Kier alpha value is -0.0400. The van der Waals surface area contributed by atoms with Crippen molar-refractivity contribution in [3.8, 4) is 0 Å². The van der Waals surface area contributed by atoms with Gasteiger partial charge in [-0.2, -0.15) is 0 Å². The van der Waals surface area contributed by atoms with Crippen LogP contribution in [0.3, 0.4) is 0 Å². The molecule has 0 N–H and O–H groups in total. The average molecular weight is 438 g/mol. The second-order valence-corrected chi connectivity index (χ2v) is 9.95. The Morgan fingerprint density at radius 2 is 0.613 bits per heavy atom. The van der Waals surface area contributed by atoms with Crippen molar-refractivity contribution in [3.05, 3.63) is 6.92 Å². The smallest absolute Gasteiger partial charge is 0.0466 e. The molecule has 0 aromatic rings. The molecule has 0 aliphatic carbocycles. The Balaban J connectivity index is 2.98. The monoisotopic (exact) mass is 437 g/mol. The van der Waals surface area contributed by atoms with Crippen LogP contribution in [0.15, 0.2) is 0 Å². The van der Waals surface area contributed by atoms with E-state index >= 15 is 0 Å². The van der Waals surface area contributed by atoms with E-state index in [1.54, 1.807) is 0 Å². The zero-order valence-corrected chi connectivity index (χ0v) is 21.9. The SMILES string of the molecule is [CH2]CCCCCCCCCCCCCCCCCCCCCCCCCCOCCC. The third-order valence-corrected chi connectivity index (χ3v) is 6.64. The summed E-state index contributed by atoms with van der Waals surface area (Å²) in [7, 11) is 0. The molecule has 1 radical (unpaired) electrons. The second kappa shape index (κ2) is 30.0. The van der Waals surface area contributed by atoms with Gasteiger partial charge in [0.15, 0.2) is 0 Å². The lowest BCUT2D eigenvalue weighted by Crippen LogP contribution is -1.95. The van der Waals surface area contributed by atoms with Crippen molar-refractivity contribution in [2.45, 2.75) is 174 Å². The molecule has 0 aromatic heterocycles. The van der Waals surface area contributed by atoms with Crippen LogP contribution in [0.4, 0.5) is 0 Å². The Bertz CT molecular complexity index is 260. The van der Waals surface area contributed by atoms with Crippen LogP contribution in [0.1, 0.15) is 174 Å². The highest BCUT2D eigenvalue weighted by Crippen LogP contribution is 2.15. The maximum atomic E-state index is 5.53. The molecule has 0 heterocycles. The van der Waals surface area contributed by atoms with Crippen LogP contribution in [0.5, 0.6) is 0 Å². The summed E-state index contributed by atoms with van der Waals surface area (Å²) in [5, 5.41) is 0. The third-order valence-electron chi connectivity index (χ3n) is 6.64. The fraction of sp³-hybridized carbons (Fsp3) is 0.967. The fourth-order valence-electron chi connectivity index (χ4n) is 4.52. The highest BCUT2D eigenvalue weighted by molar-refractivity contribution is 4.52. The summed E-state index contributed by atoms with van der Waals surface area (Å²) >= 11 is 0. The van der Waals surface area contributed by atoms with Crippen molar-refractivity contribution in [2.24, 2.45) is 0 Å². The van der Waals surface area contributed by atoms with Crippen molar-refractivity contribution >= 4 is 0 Å². The predicted octanol–water partition coefficient (Wildman–Crippen LogP) is 11.0. The fourth-order valence-corrected chi connectivity index (χ4v) is 4.52. The second-order valence-electron chi connectivity index (χ2n) is 9.95. The van der Waals surface area contributed by atoms with Gasteiger partial charge < -0.3 is 4.74 Å². The number of rotatable bonds is 28. The highest BCUT2D eigenvalue weighted by Gasteiger charge is 1.96. The third kappa shape index (κ3) is 30.0. The van der Waals surface area contributed by atoms with Crippen molar-refractivity contribution < 1.29 is 4.74 Å². The molecule has 0 bridgehead atoms. The summed E-state index contributed by atoms with van der Waals surface area (Å²) in [6.07, 6.45) is 36.9. The van der Waals surface area contributed by atoms with Crippen LogP contribution >= 0.6 is 0 Å². The van der Waals surface area contributed by atoms with E-state index in [-0.39, 0.29) is 0 Å². The number of hydrogen-bond acceptors (Lipinski definition) is 1. The Kier molecular flexibility index (Phi) is 29.9. The molecule has 31 heavy (non-hydrogen) atoms. The summed E-state index contributed by atoms with van der Waals surface area (Å²) in [4.78, 5) is 0. The van der Waals surface area contributed by atoms with Gasteiger partial charge in [-0.1, -0.05) is 168 Å². The van der Waals surface area contributed by atoms with E-state index in [4.69, 9.17) is 4.74 Å². The maximum Gasteiger partial charge on any atom is 0.0466 e. The first-order valence-electron chi connectivity index (χ1n) is 14.8. The van der Waals surface area contributed by atoms with Crippen LogP contribution in [-0.4, -0.2) is 13.2 Å². The molecule has 0 aliphatic heterocycles. The van der Waals surface area contributed by atoms with E-state index in [0.29, 0.717) is 0 Å². The van der Waals surface area contributed by atoms with Crippen LogP contribution in [0.25, 0.3) is 0 Å². The topological polar surface area (TPSA) is 9.23 Å². The molecule has 0 saturated carbocycles. The molecular weight excluding hydrogens is 376 g/mol. The lowest BCUT2D eigenvalue weighted by Gasteiger charge is -2.04. The molecule has 0 spiro atoms. The molecule has 187 valence electrons. The predicted molar refractivity (Wildman–Crippen MR) is 142 cm³/mol. The van der Waals surface area contributed by atoms with Crippen molar-refractivity contribution in [1.82, 2.24) is 0 Å². The normalized spacial score (nSPS) is 11.4. The largest absolute Gasteiger partial charge is 0.381 e. The molecule has 0 fully saturated rings. The Morgan fingerprint density at radius 3 is 0.871 bits per heavy atom. The average Bonchev–Trinajstić information content (AvgIpc) is 2.78. The quantitative estimate of drug-likeness (QED) is 0.111. The summed E-state index contributed by atoms with van der Waals surface area (Å²) in [6.45, 7) is 8.02. The van der Waals surface area contributed by atoms with Crippen LogP contribution in [0.2, 0.25) is 0 Å². The summed E-state index contributed by atoms with van der Waals surface area (Å²) in [6, 6.07) is 0. The first-order chi connectivity index (χ1) is 15.4. The maximum absolute atomic E-state index is 5.53. The molecular formula is C30H61O. The van der Waals surface area contributed by atoms with Crippen molar-refractivity contribution in [1.29, 1.82) is 0 Å². The van der Waals surface area contributed by atoms with E-state index in [0.717, 1.165) is 26.1 Å². The zero-order valence-electron chi connectivity index (χ0n) is 21.9. The van der Waals surface area contributed by atoms with E-state index in [2.05, 4.69) is 13.8 Å². The highest BCUT2D eigenvalue weighted by atomic mass is 16.5. The van der Waals surface area contributed by atoms with Gasteiger partial charge in [-0.25, -0.2) is 0 Å². The van der Waals surface area contributed by atoms with Gasteiger partial charge in [-0.3, -0.25) is 0 Å². The number of ether oxygens (including phenoxy) is 1. The molecule has 0 rings (SSSR count). The van der Waals surface area contributed by atoms with E-state index in [1.807, 2.05) is 0 Å². The summed E-state index contributed by atoms with van der Waals surface area (Å²) in [5.41, 5.74) is 0. The minimum absolute atomic E-state index is 0.943. The van der Waals surface area contributed by atoms with E-state index in [1.165, 1.54) is 154 Å². The van der Waals surface area contributed by atoms with Gasteiger partial charge in [-0.05, 0) is 12.8 Å². The molecule has 0 aromatic carbocycles. The minimum Gasteiger partial charge on any atom is -0.381 e. The first-order valence-corrected chi connectivity index (χ1v) is 14.8. The minimum atomic E-state index is 0.943. The van der Waals surface area contributed by atoms with Gasteiger partial charge >= 0.3 is 0 Å². The first kappa shape index (κ1) is 31.0. The molecule has 0 unspecified atom stereocenters. The zero-order chi connectivity index (χ0) is 22.5. The van der Waals surface area contributed by atoms with Gasteiger partial charge in [-0.15, -0.1) is 0 Å². The summed E-state index contributed by atoms with van der Waals surface area (Å²) < 4.78 is 5.53. The van der Waals surface area contributed by atoms with Crippen molar-refractivity contribution in [2.75, 3.05) is 13.2 Å². The standard InChI is InChI=1S/C30H61O/c1-3-5-6-7-8-9-10-11-12-13-14-15-16-17-18-19-20-21-22-23-24-25-26-27-28-30-31-29-4-2/h1,3-30H2,2H3. The Morgan fingerprint density at radius 1 is 0.355 bits per heavy atom. The van der Waals surface area contributed by atoms with Gasteiger partial charge in [0.2, 0.25) is 0 Å². The van der Waals surface area contributed by atoms with Gasteiger partial charge in [0.1, 0.15) is 0 Å². The molecule has 1 nitrogen and oxygen atoms in total. The van der Waals surface area contributed by atoms with Gasteiger partial charge in [0.05, 0.1) is 0 Å². The lowest BCUT2D eigenvalue weighted by molar-refractivity contribution is 0.130. The summed E-state index contributed by atoms with van der Waals surface area (Å²) in [5.74, 6) is 0. The molecule has 1 heteroatoms. The lowest BCUT2D eigenvalue weighted by atomic mass is 10.0. The van der Waals surface area contributed by atoms with Gasteiger partial charge in [0, 0.05) is 13.2 Å². The van der Waals surface area contributed by atoms with Crippen LogP contribution < -0.4 is 0 Å². The van der Waals surface area contributed by atoms with Crippen LogP contribution in [0, 0.1) is 6.92 Å².